The highest BCUT2D eigenvalue weighted by atomic mass is 79.9. The zero-order valence-electron chi connectivity index (χ0n) is 16.2. The number of halogens is 1. The van der Waals surface area contributed by atoms with Crippen molar-refractivity contribution in [3.05, 3.63) is 84.8 Å². The summed E-state index contributed by atoms with van der Waals surface area (Å²) in [5, 5.41) is 2.56. The zero-order chi connectivity index (χ0) is 20.7. The van der Waals surface area contributed by atoms with Crippen molar-refractivity contribution in [3.63, 3.8) is 0 Å². The van der Waals surface area contributed by atoms with Gasteiger partial charge in [-0.15, -0.1) is 11.3 Å². The molecular weight excluding hydrogens is 466 g/mol. The van der Waals surface area contributed by atoms with Crippen molar-refractivity contribution in [2.45, 2.75) is 20.0 Å². The van der Waals surface area contributed by atoms with Gasteiger partial charge in [-0.25, -0.2) is 0 Å². The molecule has 152 valence electrons. The summed E-state index contributed by atoms with van der Waals surface area (Å²) in [6, 6.07) is 15.2. The summed E-state index contributed by atoms with van der Waals surface area (Å²) in [7, 11) is 0. The molecule has 0 saturated carbocycles. The van der Waals surface area contributed by atoms with Crippen molar-refractivity contribution in [1.82, 2.24) is 4.90 Å². The van der Waals surface area contributed by atoms with Gasteiger partial charge in [0.1, 0.15) is 29.6 Å². The second-order valence-electron chi connectivity index (χ2n) is 7.11. The third kappa shape index (κ3) is 3.53. The van der Waals surface area contributed by atoms with E-state index in [9.17, 15) is 4.79 Å². The van der Waals surface area contributed by atoms with Gasteiger partial charge in [0, 0.05) is 18.0 Å². The molecule has 1 aliphatic heterocycles. The Morgan fingerprint density at radius 3 is 2.83 bits per heavy atom. The second kappa shape index (κ2) is 7.91. The van der Waals surface area contributed by atoms with Crippen LogP contribution in [-0.4, -0.2) is 11.6 Å². The molecule has 5 rings (SSSR count). The van der Waals surface area contributed by atoms with Crippen LogP contribution in [0, 0.1) is 6.92 Å². The van der Waals surface area contributed by atoms with E-state index >= 15 is 0 Å². The molecule has 5 nitrogen and oxygen atoms in total. The van der Waals surface area contributed by atoms with Crippen LogP contribution in [0.4, 0.5) is 0 Å². The molecule has 2 aromatic carbocycles. The van der Waals surface area contributed by atoms with E-state index in [-0.39, 0.29) is 11.2 Å². The zero-order valence-corrected chi connectivity index (χ0v) is 18.6. The number of thiophene rings is 1. The van der Waals surface area contributed by atoms with Crippen molar-refractivity contribution < 1.29 is 13.9 Å². The van der Waals surface area contributed by atoms with E-state index < -0.39 is 0 Å². The van der Waals surface area contributed by atoms with E-state index in [2.05, 4.69) is 32.3 Å². The Kier molecular flexibility index (Phi) is 5.10. The molecule has 3 heterocycles. The molecule has 7 heteroatoms. The number of benzene rings is 2. The number of rotatable bonds is 4. The van der Waals surface area contributed by atoms with Crippen LogP contribution in [0.1, 0.15) is 16.2 Å². The lowest BCUT2D eigenvalue weighted by atomic mass is 10.1. The molecule has 0 saturated heterocycles. The minimum Gasteiger partial charge on any atom is -0.478 e. The van der Waals surface area contributed by atoms with Gasteiger partial charge in [-0.05, 0) is 58.6 Å². The fourth-order valence-electron chi connectivity index (χ4n) is 3.58. The fraction of sp³-hybridized carbons (Fsp3) is 0.174. The van der Waals surface area contributed by atoms with E-state index in [1.807, 2.05) is 30.3 Å². The number of hydrogen-bond acceptors (Lipinski definition) is 6. The Hall–Kier alpha value is -2.61. The summed E-state index contributed by atoms with van der Waals surface area (Å²) in [6.07, 6.45) is 0. The van der Waals surface area contributed by atoms with E-state index in [1.165, 1.54) is 4.88 Å². The normalized spacial score (nSPS) is 13.8. The van der Waals surface area contributed by atoms with Crippen LogP contribution in [0.2, 0.25) is 0 Å². The van der Waals surface area contributed by atoms with Gasteiger partial charge in [-0.1, -0.05) is 18.2 Å². The number of ether oxygens (including phenoxy) is 2. The monoisotopic (exact) mass is 483 g/mol. The Morgan fingerprint density at radius 1 is 1.17 bits per heavy atom. The van der Waals surface area contributed by atoms with Gasteiger partial charge < -0.3 is 13.9 Å². The molecule has 2 aromatic heterocycles. The van der Waals surface area contributed by atoms with Gasteiger partial charge in [0.05, 0.1) is 15.4 Å². The number of aryl methyl sites for hydroxylation is 1. The van der Waals surface area contributed by atoms with Crippen LogP contribution in [0.3, 0.4) is 0 Å². The molecule has 1 aliphatic rings. The predicted octanol–water partition coefficient (Wildman–Crippen LogP) is 6.07. The predicted molar refractivity (Wildman–Crippen MR) is 120 cm³/mol. The molecule has 4 aromatic rings. The van der Waals surface area contributed by atoms with Crippen molar-refractivity contribution in [3.8, 4) is 17.2 Å². The van der Waals surface area contributed by atoms with Gasteiger partial charge in [0.25, 0.3) is 0 Å². The van der Waals surface area contributed by atoms with Crippen molar-refractivity contribution in [1.29, 1.82) is 0 Å². The van der Waals surface area contributed by atoms with Crippen LogP contribution >= 0.6 is 27.3 Å². The van der Waals surface area contributed by atoms with Gasteiger partial charge in [-0.3, -0.25) is 9.69 Å². The third-order valence-corrected chi connectivity index (χ3v) is 6.55. The highest BCUT2D eigenvalue weighted by molar-refractivity contribution is 9.10. The Labute approximate surface area is 185 Å². The topological polar surface area (TPSA) is 51.9 Å². The van der Waals surface area contributed by atoms with E-state index in [1.54, 1.807) is 30.4 Å². The Morgan fingerprint density at radius 2 is 2.03 bits per heavy atom. The first kappa shape index (κ1) is 19.4. The molecule has 0 bridgehead atoms. The smallest absolute Gasteiger partial charge is 0.235 e. The standard InChI is InChI=1S/C23H18BrNO4S/c1-14-22(29-20-7-3-2-6-18(20)24)21(26)16-8-9-19-17(23(16)28-14)12-25(13-27-19)11-15-5-4-10-30-15/h2-10H,11-13H2,1H3. The summed E-state index contributed by atoms with van der Waals surface area (Å²) < 4.78 is 18.8. The Balaban J connectivity index is 1.54. The van der Waals surface area contributed by atoms with Crippen LogP contribution in [0.15, 0.2) is 67.6 Å². The summed E-state index contributed by atoms with van der Waals surface area (Å²) in [5.74, 6) is 1.95. The van der Waals surface area contributed by atoms with Gasteiger partial charge in [0.15, 0.2) is 0 Å². The summed E-state index contributed by atoms with van der Waals surface area (Å²) in [4.78, 5) is 16.7. The number of fused-ring (bicyclic) bond motifs is 3. The minimum atomic E-state index is -0.192. The number of hydrogen-bond donors (Lipinski definition) is 0. The fourth-order valence-corrected chi connectivity index (χ4v) is 4.69. The lowest BCUT2D eigenvalue weighted by Crippen LogP contribution is -2.31. The van der Waals surface area contributed by atoms with E-state index in [0.717, 1.165) is 22.3 Å². The van der Waals surface area contributed by atoms with Gasteiger partial charge >= 0.3 is 0 Å². The first-order valence-corrected chi connectivity index (χ1v) is 11.2. The lowest BCUT2D eigenvalue weighted by Gasteiger charge is -2.29. The summed E-state index contributed by atoms with van der Waals surface area (Å²) >= 11 is 5.17. The molecule has 0 N–H and O–H groups in total. The average Bonchev–Trinajstić information content (AvgIpc) is 3.25. The average molecular weight is 484 g/mol. The van der Waals surface area contributed by atoms with Gasteiger partial charge in [0.2, 0.25) is 11.2 Å². The largest absolute Gasteiger partial charge is 0.478 e. The minimum absolute atomic E-state index is 0.192. The lowest BCUT2D eigenvalue weighted by molar-refractivity contribution is 0.0899. The maximum Gasteiger partial charge on any atom is 0.235 e. The van der Waals surface area contributed by atoms with Crippen LogP contribution in [0.5, 0.6) is 17.2 Å². The first-order valence-electron chi connectivity index (χ1n) is 9.49. The van der Waals surface area contributed by atoms with Crippen molar-refractivity contribution >= 4 is 38.2 Å². The highest BCUT2D eigenvalue weighted by Gasteiger charge is 2.24. The summed E-state index contributed by atoms with van der Waals surface area (Å²) in [5.41, 5.74) is 1.26. The van der Waals surface area contributed by atoms with E-state index in [0.29, 0.717) is 35.8 Å². The maximum atomic E-state index is 13.2. The molecule has 0 radical (unpaired) electrons. The number of nitrogens with zero attached hydrogens (tertiary/aromatic N) is 1. The third-order valence-electron chi connectivity index (χ3n) is 5.04. The molecule has 0 atom stereocenters. The number of para-hydroxylation sites is 1. The van der Waals surface area contributed by atoms with Crippen LogP contribution in [-0.2, 0) is 13.1 Å². The maximum absolute atomic E-state index is 13.2. The molecule has 30 heavy (non-hydrogen) atoms. The van der Waals surface area contributed by atoms with Gasteiger partial charge in [-0.2, -0.15) is 0 Å². The second-order valence-corrected chi connectivity index (χ2v) is 8.99. The van der Waals surface area contributed by atoms with E-state index in [4.69, 9.17) is 13.9 Å². The molecule has 0 amide bonds. The molecule has 0 fully saturated rings. The molecule has 0 aliphatic carbocycles. The molecule has 0 spiro atoms. The van der Waals surface area contributed by atoms with Crippen LogP contribution in [0.25, 0.3) is 11.0 Å². The molecular formula is C23H18BrNO4S. The van der Waals surface area contributed by atoms with Crippen molar-refractivity contribution in [2.75, 3.05) is 6.73 Å². The summed E-state index contributed by atoms with van der Waals surface area (Å²) in [6.45, 7) is 3.69. The van der Waals surface area contributed by atoms with Crippen LogP contribution < -0.4 is 14.9 Å². The molecule has 0 unspecified atom stereocenters. The quantitative estimate of drug-likeness (QED) is 0.352. The van der Waals surface area contributed by atoms with Crippen molar-refractivity contribution in [2.24, 2.45) is 0 Å². The SMILES string of the molecule is Cc1oc2c3c(ccc2c(=O)c1Oc1ccccc1Br)OCN(Cc1cccs1)C3. The first-order chi connectivity index (χ1) is 14.6. The highest BCUT2D eigenvalue weighted by Crippen LogP contribution is 2.35. The Bertz CT molecular complexity index is 1280.